The van der Waals surface area contributed by atoms with Gasteiger partial charge in [-0.15, -0.1) is 0 Å². The minimum atomic E-state index is -3.09. The number of hydrogen-bond acceptors (Lipinski definition) is 5. The monoisotopic (exact) mass is 315 g/mol. The Morgan fingerprint density at radius 1 is 1.25 bits per heavy atom. The van der Waals surface area contributed by atoms with Crippen molar-refractivity contribution >= 4 is 21.8 Å². The molecule has 1 unspecified atom stereocenters. The molecule has 2 heterocycles. The lowest BCUT2D eigenvalue weighted by atomic mass is 10.1. The van der Waals surface area contributed by atoms with E-state index in [1.54, 1.807) is 16.1 Å². The van der Waals surface area contributed by atoms with E-state index in [-0.39, 0.29) is 6.79 Å². The number of rotatable bonds is 2. The second kappa shape index (κ2) is 5.46. The van der Waals surface area contributed by atoms with Crippen molar-refractivity contribution in [1.29, 1.82) is 0 Å². The molecule has 1 fully saturated rings. The molecule has 110 valence electrons. The molecule has 1 aromatic carbocycles. The molecule has 2 aliphatic rings. The number of fused-ring (bicyclic) bond motifs is 1. The van der Waals surface area contributed by atoms with Crippen LogP contribution in [0.1, 0.15) is 17.2 Å². The van der Waals surface area contributed by atoms with Crippen LogP contribution in [0.15, 0.2) is 18.2 Å². The van der Waals surface area contributed by atoms with Crippen molar-refractivity contribution in [2.75, 3.05) is 31.9 Å². The van der Waals surface area contributed by atoms with Crippen LogP contribution in [0.4, 0.5) is 0 Å². The molecule has 1 aromatic rings. The predicted molar refractivity (Wildman–Crippen MR) is 78.8 cm³/mol. The molecular weight excluding hydrogens is 298 g/mol. The maximum atomic E-state index is 11.6. The van der Waals surface area contributed by atoms with E-state index in [9.17, 15) is 8.42 Å². The summed E-state index contributed by atoms with van der Waals surface area (Å²) in [7, 11) is -3.09. The molecule has 0 aliphatic carbocycles. The summed E-state index contributed by atoms with van der Waals surface area (Å²) in [5.74, 6) is 2.38. The van der Waals surface area contributed by atoms with Crippen LogP contribution in [0.25, 0.3) is 0 Å². The summed E-state index contributed by atoms with van der Waals surface area (Å²) in [5, 5.41) is 0.302. The van der Waals surface area contributed by atoms with Crippen molar-refractivity contribution in [3.8, 4) is 11.5 Å². The Hall–Kier alpha value is -0.920. The maximum absolute atomic E-state index is 11.6. The van der Waals surface area contributed by atoms with Crippen LogP contribution in [0.3, 0.4) is 0 Å². The average Bonchev–Trinajstić information content (AvgIpc) is 2.70. The van der Waals surface area contributed by atoms with E-state index in [2.05, 4.69) is 0 Å². The van der Waals surface area contributed by atoms with E-state index in [0.29, 0.717) is 18.3 Å². The zero-order valence-electron chi connectivity index (χ0n) is 11.2. The number of nitrogens with zero attached hydrogens (tertiary/aromatic N) is 1. The predicted octanol–water partition coefficient (Wildman–Crippen LogP) is 1.85. The number of hydrogen-bond donors (Lipinski definition) is 0. The third-order valence-electron chi connectivity index (χ3n) is 3.54. The Kier molecular flexibility index (Phi) is 3.83. The van der Waals surface area contributed by atoms with Gasteiger partial charge in [-0.05, 0) is 24.1 Å². The quantitative estimate of drug-likeness (QED) is 0.834. The van der Waals surface area contributed by atoms with Crippen molar-refractivity contribution < 1.29 is 17.9 Å². The van der Waals surface area contributed by atoms with Gasteiger partial charge in [-0.1, -0.05) is 6.07 Å². The van der Waals surface area contributed by atoms with Gasteiger partial charge in [0.2, 0.25) is 16.8 Å². The fourth-order valence-corrected chi connectivity index (χ4v) is 4.66. The van der Waals surface area contributed by atoms with Gasteiger partial charge in [0.1, 0.15) is 0 Å². The Bertz CT molecular complexity index is 602. The van der Waals surface area contributed by atoms with Gasteiger partial charge in [0.15, 0.2) is 11.5 Å². The van der Waals surface area contributed by atoms with Gasteiger partial charge in [-0.3, -0.25) is 0 Å². The molecule has 0 N–H and O–H groups in total. The highest BCUT2D eigenvalue weighted by molar-refractivity contribution is 7.99. The summed E-state index contributed by atoms with van der Waals surface area (Å²) in [6.07, 6.45) is 2.09. The largest absolute Gasteiger partial charge is 0.454 e. The Morgan fingerprint density at radius 2 is 2.05 bits per heavy atom. The van der Waals surface area contributed by atoms with E-state index in [1.165, 1.54) is 11.8 Å². The fourth-order valence-electron chi connectivity index (χ4n) is 2.46. The molecule has 7 heteroatoms. The van der Waals surface area contributed by atoms with E-state index >= 15 is 0 Å². The Labute approximate surface area is 123 Å². The molecule has 0 aromatic heterocycles. The fraction of sp³-hybridized carbons (Fsp3) is 0.538. The van der Waals surface area contributed by atoms with Crippen molar-refractivity contribution in [2.24, 2.45) is 0 Å². The molecule has 5 nitrogen and oxygen atoms in total. The zero-order chi connectivity index (χ0) is 14.2. The lowest BCUT2D eigenvalue weighted by molar-refractivity contribution is 0.174. The van der Waals surface area contributed by atoms with Crippen LogP contribution in [0, 0.1) is 0 Å². The second-order valence-electron chi connectivity index (χ2n) is 4.92. The summed E-state index contributed by atoms with van der Waals surface area (Å²) in [6, 6.07) is 5.98. The van der Waals surface area contributed by atoms with Crippen molar-refractivity contribution in [3.05, 3.63) is 23.8 Å². The first-order valence-corrected chi connectivity index (χ1v) is 9.40. The van der Waals surface area contributed by atoms with Crippen LogP contribution >= 0.6 is 11.8 Å². The molecule has 20 heavy (non-hydrogen) atoms. The minimum absolute atomic E-state index is 0.276. The highest BCUT2D eigenvalue weighted by Crippen LogP contribution is 2.40. The lowest BCUT2D eigenvalue weighted by Gasteiger charge is -2.17. The second-order valence-corrected chi connectivity index (χ2v) is 8.22. The smallest absolute Gasteiger partial charge is 0.231 e. The van der Waals surface area contributed by atoms with Gasteiger partial charge < -0.3 is 9.47 Å². The molecule has 1 saturated heterocycles. The topological polar surface area (TPSA) is 55.8 Å². The molecule has 0 spiro atoms. The summed E-state index contributed by atoms with van der Waals surface area (Å²) in [5.41, 5.74) is 1.18. The van der Waals surface area contributed by atoms with Crippen LogP contribution in [-0.2, 0) is 10.0 Å². The van der Waals surface area contributed by atoms with Gasteiger partial charge in [-0.25, -0.2) is 12.7 Å². The Balaban J connectivity index is 1.75. The average molecular weight is 315 g/mol. The van der Waals surface area contributed by atoms with Gasteiger partial charge in [0, 0.05) is 24.1 Å². The highest BCUT2D eigenvalue weighted by atomic mass is 32.2. The molecule has 2 aliphatic heterocycles. The van der Waals surface area contributed by atoms with Crippen LogP contribution in [0.2, 0.25) is 0 Å². The van der Waals surface area contributed by atoms with Crippen LogP contribution in [0.5, 0.6) is 11.5 Å². The molecule has 1 atom stereocenters. The van der Waals surface area contributed by atoms with Crippen LogP contribution < -0.4 is 9.47 Å². The number of benzene rings is 1. The maximum Gasteiger partial charge on any atom is 0.231 e. The molecule has 0 amide bonds. The minimum Gasteiger partial charge on any atom is -0.454 e. The standard InChI is InChI=1S/C13H17NO4S2/c1-20(15,16)14-5-4-13(19-7-6-14)10-2-3-11-12(8-10)18-9-17-11/h2-3,8,13H,4-7,9H2,1H3. The molecular formula is C13H17NO4S2. The van der Waals surface area contributed by atoms with E-state index in [1.807, 2.05) is 18.2 Å². The first-order chi connectivity index (χ1) is 9.54. The van der Waals surface area contributed by atoms with Gasteiger partial charge in [0.05, 0.1) is 6.26 Å². The van der Waals surface area contributed by atoms with Crippen LogP contribution in [-0.4, -0.2) is 44.6 Å². The molecule has 0 saturated carbocycles. The molecule has 0 bridgehead atoms. The van der Waals surface area contributed by atoms with Gasteiger partial charge in [0.25, 0.3) is 0 Å². The van der Waals surface area contributed by atoms with E-state index in [0.717, 1.165) is 23.7 Å². The summed E-state index contributed by atoms with van der Waals surface area (Å²) in [6.45, 7) is 1.44. The van der Waals surface area contributed by atoms with Gasteiger partial charge >= 0.3 is 0 Å². The molecule has 3 rings (SSSR count). The Morgan fingerprint density at radius 3 is 2.85 bits per heavy atom. The normalized spacial score (nSPS) is 23.6. The summed E-state index contributed by atoms with van der Waals surface area (Å²) < 4.78 is 35.5. The van der Waals surface area contributed by atoms with Crippen molar-refractivity contribution in [2.45, 2.75) is 11.7 Å². The third kappa shape index (κ3) is 2.89. The zero-order valence-corrected chi connectivity index (χ0v) is 12.9. The first-order valence-electron chi connectivity index (χ1n) is 6.50. The lowest BCUT2D eigenvalue weighted by Crippen LogP contribution is -2.31. The van der Waals surface area contributed by atoms with Crippen molar-refractivity contribution in [3.63, 3.8) is 0 Å². The SMILES string of the molecule is CS(=O)(=O)N1CCSC(c2ccc3c(c2)OCO3)CC1. The van der Waals surface area contributed by atoms with Crippen molar-refractivity contribution in [1.82, 2.24) is 4.31 Å². The first kappa shape index (κ1) is 14.0. The third-order valence-corrected chi connectivity index (χ3v) is 6.17. The summed E-state index contributed by atoms with van der Waals surface area (Å²) >= 11 is 1.80. The van der Waals surface area contributed by atoms with E-state index in [4.69, 9.17) is 9.47 Å². The van der Waals surface area contributed by atoms with Gasteiger partial charge in [-0.2, -0.15) is 11.8 Å². The molecule has 0 radical (unpaired) electrons. The number of thioether (sulfide) groups is 1. The number of ether oxygens (including phenoxy) is 2. The number of sulfonamides is 1. The van der Waals surface area contributed by atoms with E-state index < -0.39 is 10.0 Å². The highest BCUT2D eigenvalue weighted by Gasteiger charge is 2.25. The summed E-state index contributed by atoms with van der Waals surface area (Å²) in [4.78, 5) is 0.